The number of hydrogen-bond donors (Lipinski definition) is 2. The zero-order valence-corrected chi connectivity index (χ0v) is 20.2. The first kappa shape index (κ1) is 24.8. The first-order chi connectivity index (χ1) is 16.5. The Morgan fingerprint density at radius 1 is 0.941 bits per heavy atom. The lowest BCUT2D eigenvalue weighted by atomic mass is 10.2. The van der Waals surface area contributed by atoms with Crippen molar-refractivity contribution >= 4 is 22.6 Å². The number of aromatic nitrogens is 2. The molecule has 1 heterocycles. The molecule has 2 amide bonds. The van der Waals surface area contributed by atoms with Crippen molar-refractivity contribution in [2.45, 2.75) is 13.8 Å². The minimum Gasteiger partial charge on any atom is -0.494 e. The molecule has 0 atom stereocenters. The molecule has 182 valence electrons. The van der Waals surface area contributed by atoms with Crippen LogP contribution >= 0.6 is 0 Å². The molecule has 3 rings (SSSR count). The third-order valence-electron chi connectivity index (χ3n) is 5.35. The number of carbonyl (C=O) groups excluding carboxylic acids is 1. The maximum Gasteiger partial charge on any atom is 0.319 e. The van der Waals surface area contributed by atoms with E-state index in [1.807, 2.05) is 0 Å². The number of hydrogen-bond acceptors (Lipinski definition) is 8. The fourth-order valence-electron chi connectivity index (χ4n) is 3.42. The SMILES string of the molecule is CCN(CC)CCNC(=O)Nc1ccc(Oc2ncnc3cc(OC)c(OC)cc23)cc1OC. The lowest BCUT2D eigenvalue weighted by molar-refractivity contribution is 0.247. The van der Waals surface area contributed by atoms with Gasteiger partial charge in [-0.05, 0) is 31.3 Å². The van der Waals surface area contributed by atoms with Gasteiger partial charge >= 0.3 is 6.03 Å². The van der Waals surface area contributed by atoms with Crippen molar-refractivity contribution in [1.82, 2.24) is 20.2 Å². The Balaban J connectivity index is 1.75. The molecule has 0 unspecified atom stereocenters. The summed E-state index contributed by atoms with van der Waals surface area (Å²) in [6, 6.07) is 8.34. The first-order valence-electron chi connectivity index (χ1n) is 11.0. The summed E-state index contributed by atoms with van der Waals surface area (Å²) in [5.41, 5.74) is 1.17. The predicted octanol–water partition coefficient (Wildman–Crippen LogP) is 3.91. The monoisotopic (exact) mass is 469 g/mol. The van der Waals surface area contributed by atoms with Crippen molar-refractivity contribution in [2.24, 2.45) is 0 Å². The van der Waals surface area contributed by atoms with E-state index < -0.39 is 0 Å². The summed E-state index contributed by atoms with van der Waals surface area (Å²) in [7, 11) is 4.65. The average Bonchev–Trinajstić information content (AvgIpc) is 2.86. The van der Waals surface area contributed by atoms with Gasteiger partial charge in [-0.15, -0.1) is 0 Å². The second-order valence-electron chi connectivity index (χ2n) is 7.28. The third kappa shape index (κ3) is 5.96. The second kappa shape index (κ2) is 11.9. The second-order valence-corrected chi connectivity index (χ2v) is 7.28. The van der Waals surface area contributed by atoms with E-state index in [9.17, 15) is 4.79 Å². The quantitative estimate of drug-likeness (QED) is 0.435. The molecular formula is C24H31N5O5. The molecule has 10 nitrogen and oxygen atoms in total. The van der Waals surface area contributed by atoms with E-state index in [2.05, 4.69) is 39.3 Å². The number of benzene rings is 2. The molecule has 2 N–H and O–H groups in total. The number of anilines is 1. The number of urea groups is 1. The van der Waals surface area contributed by atoms with Crippen LogP contribution in [0.5, 0.6) is 28.9 Å². The zero-order valence-electron chi connectivity index (χ0n) is 20.2. The van der Waals surface area contributed by atoms with Crippen molar-refractivity contribution < 1.29 is 23.7 Å². The zero-order chi connectivity index (χ0) is 24.5. The molecule has 0 aliphatic carbocycles. The van der Waals surface area contributed by atoms with E-state index in [1.54, 1.807) is 44.6 Å². The number of likely N-dealkylation sites (N-methyl/N-ethyl adjacent to an activating group) is 1. The number of carbonyl (C=O) groups is 1. The summed E-state index contributed by atoms with van der Waals surface area (Å²) < 4.78 is 22.2. The molecule has 2 aromatic carbocycles. The number of methoxy groups -OCH3 is 3. The molecule has 0 saturated carbocycles. The average molecular weight is 470 g/mol. The van der Waals surface area contributed by atoms with Crippen molar-refractivity contribution in [3.63, 3.8) is 0 Å². The van der Waals surface area contributed by atoms with E-state index in [1.165, 1.54) is 13.4 Å². The number of rotatable bonds is 11. The molecule has 0 fully saturated rings. The maximum atomic E-state index is 12.3. The van der Waals surface area contributed by atoms with Gasteiger partial charge in [0.15, 0.2) is 11.5 Å². The van der Waals surface area contributed by atoms with Crippen LogP contribution in [0.15, 0.2) is 36.7 Å². The summed E-state index contributed by atoms with van der Waals surface area (Å²) in [5, 5.41) is 6.33. The van der Waals surface area contributed by atoms with Gasteiger partial charge in [0, 0.05) is 25.2 Å². The molecule has 0 saturated heterocycles. The summed E-state index contributed by atoms with van der Waals surface area (Å²) >= 11 is 0. The molecule has 0 aliphatic heterocycles. The fourth-order valence-corrected chi connectivity index (χ4v) is 3.42. The van der Waals surface area contributed by atoms with Crippen LogP contribution in [0.2, 0.25) is 0 Å². The molecule has 1 aromatic heterocycles. The topological polar surface area (TPSA) is 107 Å². The van der Waals surface area contributed by atoms with Gasteiger partial charge < -0.3 is 34.5 Å². The molecule has 0 bridgehead atoms. The van der Waals surface area contributed by atoms with E-state index in [4.69, 9.17) is 18.9 Å². The van der Waals surface area contributed by atoms with Crippen molar-refractivity contribution in [1.29, 1.82) is 0 Å². The molecule has 3 aromatic rings. The van der Waals surface area contributed by atoms with E-state index in [0.29, 0.717) is 52.0 Å². The van der Waals surface area contributed by atoms with E-state index in [-0.39, 0.29) is 6.03 Å². The van der Waals surface area contributed by atoms with Gasteiger partial charge in [0.1, 0.15) is 17.8 Å². The van der Waals surface area contributed by atoms with Gasteiger partial charge in [-0.2, -0.15) is 0 Å². The number of amides is 2. The Morgan fingerprint density at radius 3 is 2.32 bits per heavy atom. The highest BCUT2D eigenvalue weighted by Gasteiger charge is 2.14. The van der Waals surface area contributed by atoms with Crippen molar-refractivity contribution in [3.05, 3.63) is 36.7 Å². The Hall–Kier alpha value is -3.79. The minimum absolute atomic E-state index is 0.304. The van der Waals surface area contributed by atoms with Gasteiger partial charge in [0.05, 0.1) is 37.9 Å². The van der Waals surface area contributed by atoms with Crippen LogP contribution in [0, 0.1) is 0 Å². The number of nitrogens with zero attached hydrogens (tertiary/aromatic N) is 3. The molecular weight excluding hydrogens is 438 g/mol. The summed E-state index contributed by atoms with van der Waals surface area (Å²) in [5.74, 6) is 2.39. The van der Waals surface area contributed by atoms with Gasteiger partial charge in [-0.1, -0.05) is 13.8 Å². The molecule has 0 aliphatic rings. The van der Waals surface area contributed by atoms with Gasteiger partial charge in [-0.25, -0.2) is 14.8 Å². The predicted molar refractivity (Wildman–Crippen MR) is 131 cm³/mol. The van der Waals surface area contributed by atoms with Crippen LogP contribution in [0.4, 0.5) is 10.5 Å². The van der Waals surface area contributed by atoms with E-state index >= 15 is 0 Å². The standard InChI is InChI=1S/C24H31N5O5/c1-6-29(7-2)11-10-25-24(30)28-18-9-8-16(12-20(18)31-3)34-23-17-13-21(32-4)22(33-5)14-19(17)26-15-27-23/h8-9,12-15H,6-7,10-11H2,1-5H3,(H2,25,28,30). The molecule has 0 radical (unpaired) electrons. The summed E-state index contributed by atoms with van der Waals surface area (Å²) in [6.07, 6.45) is 1.42. The normalized spacial score (nSPS) is 10.8. The molecule has 34 heavy (non-hydrogen) atoms. The van der Waals surface area contributed by atoms with Crippen LogP contribution in [0.3, 0.4) is 0 Å². The minimum atomic E-state index is -0.304. The lowest BCUT2D eigenvalue weighted by Crippen LogP contribution is -2.36. The Bertz CT molecular complexity index is 1120. The summed E-state index contributed by atoms with van der Waals surface area (Å²) in [4.78, 5) is 23.1. The maximum absolute atomic E-state index is 12.3. The van der Waals surface area contributed by atoms with Crippen molar-refractivity contribution in [3.8, 4) is 28.9 Å². The third-order valence-corrected chi connectivity index (χ3v) is 5.35. The highest BCUT2D eigenvalue weighted by molar-refractivity contribution is 5.91. The van der Waals surface area contributed by atoms with Crippen molar-refractivity contribution in [2.75, 3.05) is 52.8 Å². The number of nitrogens with one attached hydrogen (secondary N) is 2. The number of fused-ring (bicyclic) bond motifs is 1. The van der Waals surface area contributed by atoms with Gasteiger partial charge in [-0.3, -0.25) is 0 Å². The highest BCUT2D eigenvalue weighted by atomic mass is 16.5. The largest absolute Gasteiger partial charge is 0.494 e. The number of ether oxygens (including phenoxy) is 4. The van der Waals surface area contributed by atoms with Crippen LogP contribution < -0.4 is 29.6 Å². The van der Waals surface area contributed by atoms with Crippen LogP contribution in [-0.4, -0.2) is 68.4 Å². The Morgan fingerprint density at radius 2 is 1.65 bits per heavy atom. The molecule has 10 heteroatoms. The van der Waals surface area contributed by atoms with Crippen LogP contribution in [0.1, 0.15) is 13.8 Å². The van der Waals surface area contributed by atoms with Crippen LogP contribution in [0.25, 0.3) is 10.9 Å². The lowest BCUT2D eigenvalue weighted by Gasteiger charge is -2.18. The Labute approximate surface area is 199 Å². The highest BCUT2D eigenvalue weighted by Crippen LogP contribution is 2.37. The Kier molecular flexibility index (Phi) is 8.69. The van der Waals surface area contributed by atoms with Crippen LogP contribution in [-0.2, 0) is 0 Å². The van der Waals surface area contributed by atoms with Gasteiger partial charge in [0.2, 0.25) is 5.88 Å². The first-order valence-corrected chi connectivity index (χ1v) is 11.0. The van der Waals surface area contributed by atoms with Gasteiger partial charge in [0.25, 0.3) is 0 Å². The fraction of sp³-hybridized carbons (Fsp3) is 0.375. The van der Waals surface area contributed by atoms with E-state index in [0.717, 1.165) is 19.6 Å². The summed E-state index contributed by atoms with van der Waals surface area (Å²) in [6.45, 7) is 7.40. The smallest absolute Gasteiger partial charge is 0.319 e. The molecule has 0 spiro atoms.